The summed E-state index contributed by atoms with van der Waals surface area (Å²) >= 11 is 0. The molecule has 1 amide bonds. The van der Waals surface area contributed by atoms with E-state index in [2.05, 4.69) is 5.32 Å². The number of rotatable bonds is 3. The SMILES string of the molecule is Cc1cc(O)ccc1NC(=O)[C@H]1C2C=CC(C2)[C@H]1C(=O)O. The Bertz CT molecular complexity index is 637. The van der Waals surface area contributed by atoms with Gasteiger partial charge in [-0.05, 0) is 48.9 Å². The molecule has 2 bridgehead atoms. The lowest BCUT2D eigenvalue weighted by Crippen LogP contribution is -2.36. The zero-order valence-electron chi connectivity index (χ0n) is 11.6. The number of aliphatic carboxylic acids is 1. The highest BCUT2D eigenvalue weighted by Gasteiger charge is 2.51. The molecule has 2 unspecified atom stereocenters. The first-order chi connectivity index (χ1) is 9.97. The van der Waals surface area contributed by atoms with Crippen LogP contribution in [0.4, 0.5) is 5.69 Å². The number of nitrogens with one attached hydrogen (secondary N) is 1. The standard InChI is InChI=1S/C16H17NO4/c1-8-6-11(18)4-5-12(8)17-15(19)13-9-2-3-10(7-9)14(13)16(20)21/h2-6,9-10,13-14,18H,7H2,1H3,(H,17,19)(H,20,21)/t9?,10?,13-,14+/m0/s1. The molecule has 2 aliphatic carbocycles. The molecular formula is C16H17NO4. The molecule has 5 nitrogen and oxygen atoms in total. The molecule has 0 spiro atoms. The van der Waals surface area contributed by atoms with E-state index in [9.17, 15) is 19.8 Å². The number of carbonyl (C=O) groups excluding carboxylic acids is 1. The van der Waals surface area contributed by atoms with E-state index in [1.807, 2.05) is 12.2 Å². The van der Waals surface area contributed by atoms with Crippen molar-refractivity contribution in [3.05, 3.63) is 35.9 Å². The molecule has 5 heteroatoms. The van der Waals surface area contributed by atoms with Gasteiger partial charge in [-0.3, -0.25) is 9.59 Å². The van der Waals surface area contributed by atoms with Crippen molar-refractivity contribution in [1.82, 2.24) is 0 Å². The second-order valence-electron chi connectivity index (χ2n) is 5.83. The van der Waals surface area contributed by atoms with Crippen LogP contribution >= 0.6 is 0 Å². The molecule has 0 aromatic heterocycles. The largest absolute Gasteiger partial charge is 0.508 e. The van der Waals surface area contributed by atoms with Gasteiger partial charge in [-0.2, -0.15) is 0 Å². The fourth-order valence-electron chi connectivity index (χ4n) is 3.52. The Hall–Kier alpha value is -2.30. The molecule has 1 fully saturated rings. The van der Waals surface area contributed by atoms with Crippen molar-refractivity contribution >= 4 is 17.6 Å². The van der Waals surface area contributed by atoms with Crippen molar-refractivity contribution in [3.63, 3.8) is 0 Å². The third kappa shape index (κ3) is 2.28. The van der Waals surface area contributed by atoms with Crippen molar-refractivity contribution < 1.29 is 19.8 Å². The summed E-state index contributed by atoms with van der Waals surface area (Å²) < 4.78 is 0. The molecule has 3 rings (SSSR count). The number of amides is 1. The fourth-order valence-corrected chi connectivity index (χ4v) is 3.52. The highest BCUT2D eigenvalue weighted by Crippen LogP contribution is 2.48. The average Bonchev–Trinajstić information content (AvgIpc) is 3.02. The van der Waals surface area contributed by atoms with Crippen molar-refractivity contribution in [3.8, 4) is 5.75 Å². The number of fused-ring (bicyclic) bond motifs is 2. The van der Waals surface area contributed by atoms with Gasteiger partial charge in [0.1, 0.15) is 5.75 Å². The number of carbonyl (C=O) groups is 2. The minimum absolute atomic E-state index is 0.00789. The van der Waals surface area contributed by atoms with Crippen LogP contribution in [0.1, 0.15) is 12.0 Å². The topological polar surface area (TPSA) is 86.6 Å². The monoisotopic (exact) mass is 287 g/mol. The van der Waals surface area contributed by atoms with Gasteiger partial charge < -0.3 is 15.5 Å². The zero-order chi connectivity index (χ0) is 15.1. The summed E-state index contributed by atoms with van der Waals surface area (Å²) in [6.07, 6.45) is 4.61. The van der Waals surface area contributed by atoms with E-state index in [0.29, 0.717) is 5.69 Å². The molecule has 0 heterocycles. The minimum atomic E-state index is -0.908. The van der Waals surface area contributed by atoms with Crippen LogP contribution in [0.2, 0.25) is 0 Å². The summed E-state index contributed by atoms with van der Waals surface area (Å²) in [5.74, 6) is -2.22. The molecule has 0 aliphatic heterocycles. The number of carboxylic acids is 1. The number of carboxylic acid groups (broad SMARTS) is 1. The maximum atomic E-state index is 12.5. The number of hydrogen-bond acceptors (Lipinski definition) is 3. The van der Waals surface area contributed by atoms with Crippen LogP contribution in [-0.4, -0.2) is 22.1 Å². The Morgan fingerprint density at radius 1 is 1.19 bits per heavy atom. The molecule has 4 atom stereocenters. The van der Waals surface area contributed by atoms with E-state index in [4.69, 9.17) is 0 Å². The van der Waals surface area contributed by atoms with Gasteiger partial charge in [-0.15, -0.1) is 0 Å². The summed E-state index contributed by atoms with van der Waals surface area (Å²) in [4.78, 5) is 23.9. The summed E-state index contributed by atoms with van der Waals surface area (Å²) in [5.41, 5.74) is 1.35. The predicted molar refractivity (Wildman–Crippen MR) is 76.8 cm³/mol. The van der Waals surface area contributed by atoms with Gasteiger partial charge in [-0.1, -0.05) is 12.2 Å². The van der Waals surface area contributed by atoms with E-state index in [-0.39, 0.29) is 23.5 Å². The van der Waals surface area contributed by atoms with Crippen LogP contribution in [0, 0.1) is 30.6 Å². The van der Waals surface area contributed by atoms with E-state index in [1.165, 1.54) is 6.07 Å². The normalized spacial score (nSPS) is 29.6. The lowest BCUT2D eigenvalue weighted by atomic mass is 9.82. The molecule has 0 radical (unpaired) electrons. The smallest absolute Gasteiger partial charge is 0.307 e. The second kappa shape index (κ2) is 4.91. The van der Waals surface area contributed by atoms with Crippen LogP contribution in [0.3, 0.4) is 0 Å². The Kier molecular flexibility index (Phi) is 3.20. The van der Waals surface area contributed by atoms with Gasteiger partial charge in [0.25, 0.3) is 0 Å². The van der Waals surface area contributed by atoms with Gasteiger partial charge in [0.05, 0.1) is 11.8 Å². The summed E-state index contributed by atoms with van der Waals surface area (Å²) in [5, 5.41) is 21.6. The van der Waals surface area contributed by atoms with Gasteiger partial charge in [-0.25, -0.2) is 0 Å². The highest BCUT2D eigenvalue weighted by atomic mass is 16.4. The minimum Gasteiger partial charge on any atom is -0.508 e. The van der Waals surface area contributed by atoms with Gasteiger partial charge in [0.15, 0.2) is 0 Å². The number of benzene rings is 1. The van der Waals surface area contributed by atoms with Gasteiger partial charge in [0, 0.05) is 5.69 Å². The molecular weight excluding hydrogens is 270 g/mol. The van der Waals surface area contributed by atoms with E-state index in [1.54, 1.807) is 19.1 Å². The molecule has 1 aromatic rings. The van der Waals surface area contributed by atoms with E-state index in [0.717, 1.165) is 12.0 Å². The second-order valence-corrected chi connectivity index (χ2v) is 5.83. The van der Waals surface area contributed by atoms with Crippen molar-refractivity contribution in [2.24, 2.45) is 23.7 Å². The number of phenolic OH excluding ortho intramolecular Hbond substituents is 1. The quantitative estimate of drug-likeness (QED) is 0.587. The highest BCUT2D eigenvalue weighted by molar-refractivity contribution is 5.96. The Morgan fingerprint density at radius 3 is 2.48 bits per heavy atom. The van der Waals surface area contributed by atoms with Crippen LogP contribution in [0.25, 0.3) is 0 Å². The van der Waals surface area contributed by atoms with Crippen LogP contribution in [0.15, 0.2) is 30.4 Å². The van der Waals surface area contributed by atoms with Gasteiger partial charge >= 0.3 is 5.97 Å². The van der Waals surface area contributed by atoms with Crippen molar-refractivity contribution in [2.45, 2.75) is 13.3 Å². The predicted octanol–water partition coefficient (Wildman–Crippen LogP) is 2.16. The lowest BCUT2D eigenvalue weighted by molar-refractivity contribution is -0.146. The number of aryl methyl sites for hydroxylation is 1. The van der Waals surface area contributed by atoms with E-state index < -0.39 is 17.8 Å². The summed E-state index contributed by atoms with van der Waals surface area (Å²) in [6, 6.07) is 4.68. The molecule has 1 aromatic carbocycles. The maximum Gasteiger partial charge on any atom is 0.307 e. The van der Waals surface area contributed by atoms with Crippen LogP contribution < -0.4 is 5.32 Å². The molecule has 21 heavy (non-hydrogen) atoms. The number of aromatic hydroxyl groups is 1. The molecule has 0 saturated heterocycles. The van der Waals surface area contributed by atoms with Crippen LogP contribution in [-0.2, 0) is 9.59 Å². The lowest BCUT2D eigenvalue weighted by Gasteiger charge is -2.24. The first-order valence-electron chi connectivity index (χ1n) is 6.99. The summed E-state index contributed by atoms with van der Waals surface area (Å²) in [7, 11) is 0. The Balaban J connectivity index is 1.82. The number of allylic oxidation sites excluding steroid dienone is 2. The molecule has 3 N–H and O–H groups in total. The summed E-state index contributed by atoms with van der Waals surface area (Å²) in [6.45, 7) is 1.78. The molecule has 110 valence electrons. The number of anilines is 1. The third-order valence-corrected chi connectivity index (χ3v) is 4.52. The van der Waals surface area contributed by atoms with Crippen molar-refractivity contribution in [2.75, 3.05) is 5.32 Å². The first-order valence-corrected chi connectivity index (χ1v) is 6.99. The molecule has 1 saturated carbocycles. The first kappa shape index (κ1) is 13.7. The van der Waals surface area contributed by atoms with Crippen LogP contribution in [0.5, 0.6) is 5.75 Å². The van der Waals surface area contributed by atoms with E-state index >= 15 is 0 Å². The maximum absolute atomic E-state index is 12.5. The zero-order valence-corrected chi connectivity index (χ0v) is 11.6. The molecule has 2 aliphatic rings. The van der Waals surface area contributed by atoms with Gasteiger partial charge in [0.2, 0.25) is 5.91 Å². The Morgan fingerprint density at radius 2 is 1.86 bits per heavy atom. The number of hydrogen-bond donors (Lipinski definition) is 3. The fraction of sp³-hybridized carbons (Fsp3) is 0.375. The Labute approximate surface area is 122 Å². The third-order valence-electron chi connectivity index (χ3n) is 4.52. The number of phenols is 1. The van der Waals surface area contributed by atoms with Crippen molar-refractivity contribution in [1.29, 1.82) is 0 Å². The average molecular weight is 287 g/mol.